The fraction of sp³-hybridized carbons (Fsp3) is 0.217. The molecule has 0 saturated heterocycles. The van der Waals surface area contributed by atoms with Crippen molar-refractivity contribution in [3.63, 3.8) is 0 Å². The Labute approximate surface area is 183 Å². The maximum absolute atomic E-state index is 11.8. The molecule has 0 saturated carbocycles. The summed E-state index contributed by atoms with van der Waals surface area (Å²) in [6.07, 6.45) is 3.01. The smallest absolute Gasteiger partial charge is 0.229 e. The maximum Gasteiger partial charge on any atom is 0.229 e. The third-order valence-electron chi connectivity index (χ3n) is 4.37. The van der Waals surface area contributed by atoms with Gasteiger partial charge in [-0.25, -0.2) is 14.0 Å². The quantitative estimate of drug-likeness (QED) is 0.439. The van der Waals surface area contributed by atoms with Crippen molar-refractivity contribution in [3.05, 3.63) is 71.4 Å². The van der Waals surface area contributed by atoms with Gasteiger partial charge >= 0.3 is 0 Å². The van der Waals surface area contributed by atoms with E-state index in [9.17, 15) is 9.32 Å². The van der Waals surface area contributed by atoms with Gasteiger partial charge in [0.05, 0.1) is 28.1 Å². The molecule has 0 bridgehead atoms. The first kappa shape index (κ1) is 22.3. The highest BCUT2D eigenvalue weighted by atomic mass is 32.2. The Bertz CT molecular complexity index is 1230. The maximum atomic E-state index is 11.8. The summed E-state index contributed by atoms with van der Waals surface area (Å²) in [4.78, 5) is 9.32. The molecule has 0 aliphatic heterocycles. The number of aliphatic hydroxyl groups excluding tert-OH is 1. The molecular formula is C23H25N5O2S. The van der Waals surface area contributed by atoms with Crippen LogP contribution in [-0.2, 0) is 9.73 Å². The normalized spacial score (nSPS) is 13.4. The molecule has 0 aliphatic rings. The molecule has 0 spiro atoms. The molecule has 2 aromatic carbocycles. The predicted molar refractivity (Wildman–Crippen MR) is 124 cm³/mol. The Morgan fingerprint density at radius 3 is 2.58 bits per heavy atom. The lowest BCUT2D eigenvalue weighted by Gasteiger charge is -2.14. The number of anilines is 3. The van der Waals surface area contributed by atoms with Crippen LogP contribution in [0.1, 0.15) is 23.6 Å². The van der Waals surface area contributed by atoms with E-state index in [2.05, 4.69) is 32.4 Å². The van der Waals surface area contributed by atoms with Gasteiger partial charge in [0.25, 0.3) is 0 Å². The summed E-state index contributed by atoms with van der Waals surface area (Å²) in [5.74, 6) is 7.09. The monoisotopic (exact) mass is 435 g/mol. The molecule has 0 radical (unpaired) electrons. The first-order chi connectivity index (χ1) is 14.7. The Balaban J connectivity index is 1.88. The zero-order chi connectivity index (χ0) is 22.4. The minimum atomic E-state index is -2.76. The highest BCUT2D eigenvalue weighted by Gasteiger charge is 2.10. The van der Waals surface area contributed by atoms with E-state index in [0.717, 1.165) is 11.1 Å². The van der Waals surface area contributed by atoms with Crippen molar-refractivity contribution in [1.82, 2.24) is 9.97 Å². The minimum absolute atomic E-state index is 0.0532. The molecule has 3 rings (SSSR count). The molecule has 1 unspecified atom stereocenters. The molecule has 2 atom stereocenters. The van der Waals surface area contributed by atoms with Gasteiger partial charge in [0.2, 0.25) is 5.95 Å². The van der Waals surface area contributed by atoms with Crippen LogP contribution >= 0.6 is 0 Å². The lowest BCUT2D eigenvalue weighted by molar-refractivity contribution is 0.281. The second-order valence-corrected chi connectivity index (χ2v) is 9.46. The van der Waals surface area contributed by atoms with E-state index in [4.69, 9.17) is 4.78 Å². The van der Waals surface area contributed by atoms with Crippen molar-refractivity contribution in [2.24, 2.45) is 0 Å². The van der Waals surface area contributed by atoms with Crippen molar-refractivity contribution in [2.75, 3.05) is 23.5 Å². The number of nitrogens with one attached hydrogen (secondary N) is 3. The molecule has 1 heterocycles. The highest BCUT2D eigenvalue weighted by Crippen LogP contribution is 2.20. The van der Waals surface area contributed by atoms with Crippen LogP contribution in [-0.4, -0.2) is 38.2 Å². The van der Waals surface area contributed by atoms with Crippen molar-refractivity contribution >= 4 is 27.2 Å². The van der Waals surface area contributed by atoms with Crippen LogP contribution in [0.15, 0.2) is 59.6 Å². The van der Waals surface area contributed by atoms with Gasteiger partial charge in [0.1, 0.15) is 5.82 Å². The average Bonchev–Trinajstić information content (AvgIpc) is 2.73. The lowest BCUT2D eigenvalue weighted by Crippen LogP contribution is -2.21. The SMILES string of the molecule is Cc1cccc(C#Cc2cnc(Nc3ccc(S(C)(=N)=O)cc3)nc2N[C@H](C)CO)c1. The van der Waals surface area contributed by atoms with E-state index >= 15 is 0 Å². The van der Waals surface area contributed by atoms with Crippen LogP contribution in [0, 0.1) is 23.5 Å². The first-order valence-corrected chi connectivity index (χ1v) is 11.7. The Kier molecular flexibility index (Phi) is 6.90. The number of rotatable bonds is 6. The minimum Gasteiger partial charge on any atom is -0.394 e. The summed E-state index contributed by atoms with van der Waals surface area (Å²) in [6, 6.07) is 14.4. The van der Waals surface area contributed by atoms with Crippen molar-refractivity contribution < 1.29 is 9.32 Å². The lowest BCUT2D eigenvalue weighted by atomic mass is 10.1. The zero-order valence-corrected chi connectivity index (χ0v) is 18.5. The molecule has 4 N–H and O–H groups in total. The summed E-state index contributed by atoms with van der Waals surface area (Å²) in [6.45, 7) is 3.80. The molecule has 1 aromatic heterocycles. The van der Waals surface area contributed by atoms with Crippen LogP contribution < -0.4 is 10.6 Å². The summed E-state index contributed by atoms with van der Waals surface area (Å²) < 4.78 is 19.5. The van der Waals surface area contributed by atoms with Gasteiger partial charge in [-0.1, -0.05) is 24.0 Å². The fourth-order valence-electron chi connectivity index (χ4n) is 2.71. The predicted octanol–water partition coefficient (Wildman–Crippen LogP) is 3.76. The van der Waals surface area contributed by atoms with Crippen LogP contribution in [0.3, 0.4) is 0 Å². The number of aromatic nitrogens is 2. The standard InChI is InChI=1S/C23H25N5O2S/c1-16-5-4-6-18(13-16)7-8-19-14-25-23(28-22(19)26-17(2)15-29)27-20-9-11-21(12-10-20)31(3,24)30/h4-6,9-14,17,24,29H,15H2,1-3H3,(H2,25,26,27,28)/t17-,31?/m1/s1. The van der Waals surface area contributed by atoms with E-state index in [1.165, 1.54) is 6.26 Å². The van der Waals surface area contributed by atoms with Gasteiger partial charge in [-0.15, -0.1) is 0 Å². The second-order valence-electron chi connectivity index (χ2n) is 7.30. The molecule has 8 heteroatoms. The van der Waals surface area contributed by atoms with Crippen LogP contribution in [0.5, 0.6) is 0 Å². The molecule has 31 heavy (non-hydrogen) atoms. The summed E-state index contributed by atoms with van der Waals surface area (Å²) >= 11 is 0. The number of aryl methyl sites for hydroxylation is 1. The molecule has 0 amide bonds. The molecule has 160 valence electrons. The summed E-state index contributed by atoms with van der Waals surface area (Å²) in [7, 11) is -2.76. The highest BCUT2D eigenvalue weighted by molar-refractivity contribution is 7.91. The van der Waals surface area contributed by atoms with Crippen molar-refractivity contribution in [2.45, 2.75) is 24.8 Å². The third kappa shape index (κ3) is 6.28. The Morgan fingerprint density at radius 2 is 1.94 bits per heavy atom. The molecular weight excluding hydrogens is 410 g/mol. The van der Waals surface area contributed by atoms with Crippen molar-refractivity contribution in [1.29, 1.82) is 4.78 Å². The van der Waals surface area contributed by atoms with Gasteiger partial charge in [-0.05, 0) is 55.8 Å². The van der Waals surface area contributed by atoms with Crippen molar-refractivity contribution in [3.8, 4) is 11.8 Å². The average molecular weight is 436 g/mol. The van der Waals surface area contributed by atoms with Gasteiger partial charge in [-0.3, -0.25) is 0 Å². The molecule has 0 fully saturated rings. The van der Waals surface area contributed by atoms with Gasteiger partial charge in [-0.2, -0.15) is 4.98 Å². The fourth-order valence-corrected chi connectivity index (χ4v) is 3.37. The van der Waals surface area contributed by atoms with E-state index < -0.39 is 9.73 Å². The topological polar surface area (TPSA) is 111 Å². The molecule has 7 nitrogen and oxygen atoms in total. The van der Waals surface area contributed by atoms with Crippen LogP contribution in [0.4, 0.5) is 17.5 Å². The van der Waals surface area contributed by atoms with E-state index in [0.29, 0.717) is 27.9 Å². The summed E-state index contributed by atoms with van der Waals surface area (Å²) in [5, 5.41) is 15.7. The Morgan fingerprint density at radius 1 is 1.19 bits per heavy atom. The van der Waals surface area contributed by atoms with E-state index in [1.54, 1.807) is 30.5 Å². The van der Waals surface area contributed by atoms with Crippen LogP contribution in [0.25, 0.3) is 0 Å². The Hall–Kier alpha value is -3.41. The molecule has 0 aliphatic carbocycles. The molecule has 3 aromatic rings. The number of nitrogens with zero attached hydrogens (tertiary/aromatic N) is 2. The zero-order valence-electron chi connectivity index (χ0n) is 17.6. The van der Waals surface area contributed by atoms with E-state index in [1.807, 2.05) is 38.1 Å². The first-order valence-electron chi connectivity index (χ1n) is 9.68. The third-order valence-corrected chi connectivity index (χ3v) is 5.54. The van der Waals surface area contributed by atoms with Gasteiger partial charge in [0.15, 0.2) is 0 Å². The van der Waals surface area contributed by atoms with Gasteiger partial charge in [0, 0.05) is 28.4 Å². The number of aliphatic hydroxyl groups is 1. The van der Waals surface area contributed by atoms with E-state index in [-0.39, 0.29) is 12.6 Å². The van der Waals surface area contributed by atoms with Crippen LogP contribution in [0.2, 0.25) is 0 Å². The number of benzene rings is 2. The number of hydrogen-bond acceptors (Lipinski definition) is 7. The number of hydrogen-bond donors (Lipinski definition) is 4. The summed E-state index contributed by atoms with van der Waals surface area (Å²) in [5.41, 5.74) is 3.34. The largest absolute Gasteiger partial charge is 0.394 e. The second kappa shape index (κ2) is 9.60. The van der Waals surface area contributed by atoms with Gasteiger partial charge < -0.3 is 15.7 Å².